The van der Waals surface area contributed by atoms with Gasteiger partial charge in [-0.2, -0.15) is 0 Å². The lowest BCUT2D eigenvalue weighted by Crippen LogP contribution is -2.20. The third-order valence-electron chi connectivity index (χ3n) is 3.23. The molecule has 1 aromatic heterocycles. The number of hydrogen-bond acceptors (Lipinski definition) is 5. The molecule has 0 saturated carbocycles. The highest BCUT2D eigenvalue weighted by Gasteiger charge is 2.11. The van der Waals surface area contributed by atoms with Crippen LogP contribution in [0.4, 0.5) is 5.13 Å². The van der Waals surface area contributed by atoms with E-state index >= 15 is 0 Å². The van der Waals surface area contributed by atoms with Gasteiger partial charge in [-0.05, 0) is 43.5 Å². The molecule has 0 spiro atoms. The van der Waals surface area contributed by atoms with E-state index in [9.17, 15) is 4.79 Å². The van der Waals surface area contributed by atoms with Gasteiger partial charge < -0.3 is 4.74 Å². The minimum atomic E-state index is -0.232. The maximum Gasteiger partial charge on any atom is 0.264 e. The number of anilines is 1. The van der Waals surface area contributed by atoms with Gasteiger partial charge in [0.05, 0.1) is 0 Å². The van der Waals surface area contributed by atoms with Gasteiger partial charge in [-0.15, -0.1) is 10.2 Å². The fraction of sp³-hybridized carbons (Fsp3) is 0.438. The summed E-state index contributed by atoms with van der Waals surface area (Å²) < 4.78 is 6.65. The Labute approximate surface area is 148 Å². The molecule has 0 radical (unpaired) electrons. The van der Waals surface area contributed by atoms with Crippen molar-refractivity contribution in [1.29, 1.82) is 0 Å². The summed E-state index contributed by atoms with van der Waals surface area (Å²) in [5.41, 5.74) is 1.98. The summed E-state index contributed by atoms with van der Waals surface area (Å²) in [5.74, 6) is 0.508. The van der Waals surface area contributed by atoms with Crippen LogP contribution in [0.25, 0.3) is 0 Å². The first-order valence-electron chi connectivity index (χ1n) is 7.51. The number of rotatable bonds is 7. The van der Waals surface area contributed by atoms with E-state index in [1.54, 1.807) is 0 Å². The van der Waals surface area contributed by atoms with E-state index < -0.39 is 0 Å². The number of nitrogens with zero attached hydrogens (tertiary/aromatic N) is 2. The second kappa shape index (κ2) is 8.40. The van der Waals surface area contributed by atoms with Crippen LogP contribution in [0.3, 0.4) is 0 Å². The minimum Gasteiger partial charge on any atom is -0.483 e. The van der Waals surface area contributed by atoms with Crippen molar-refractivity contribution < 1.29 is 9.53 Å². The van der Waals surface area contributed by atoms with E-state index in [0.29, 0.717) is 5.13 Å². The number of carbonyl (C=O) groups excluding carboxylic acids is 1. The molecule has 1 amide bonds. The fourth-order valence-corrected chi connectivity index (χ4v) is 3.64. The standard InChI is InChI=1S/C16H20BrN3O2S/c1-4-5-6-14-19-20-16(23-14)18-13(21)9-22-15-10(2)7-12(17)8-11(15)3/h7-8H,4-6,9H2,1-3H3,(H,18,20,21). The summed E-state index contributed by atoms with van der Waals surface area (Å²) in [6.45, 7) is 5.99. The number of ether oxygens (including phenoxy) is 1. The molecule has 0 aliphatic heterocycles. The van der Waals surface area contributed by atoms with Crippen LogP contribution >= 0.6 is 27.3 Å². The van der Waals surface area contributed by atoms with E-state index in [-0.39, 0.29) is 12.5 Å². The predicted octanol–water partition coefficient (Wildman–Crippen LogP) is 4.28. The molecule has 2 aromatic rings. The second-order valence-electron chi connectivity index (χ2n) is 5.31. The molecule has 0 unspecified atom stereocenters. The Morgan fingerprint density at radius 3 is 2.65 bits per heavy atom. The molecule has 23 heavy (non-hydrogen) atoms. The first-order chi connectivity index (χ1) is 11.0. The van der Waals surface area contributed by atoms with Crippen LogP contribution < -0.4 is 10.1 Å². The molecular weight excluding hydrogens is 378 g/mol. The topological polar surface area (TPSA) is 64.1 Å². The fourth-order valence-electron chi connectivity index (χ4n) is 2.15. The largest absolute Gasteiger partial charge is 0.483 e. The van der Waals surface area contributed by atoms with Crippen molar-refractivity contribution in [3.8, 4) is 5.75 Å². The summed E-state index contributed by atoms with van der Waals surface area (Å²) in [7, 11) is 0. The summed E-state index contributed by atoms with van der Waals surface area (Å²) in [5, 5.41) is 12.3. The molecule has 1 aromatic carbocycles. The number of benzene rings is 1. The lowest BCUT2D eigenvalue weighted by molar-refractivity contribution is -0.118. The molecule has 0 fully saturated rings. The van der Waals surface area contributed by atoms with Crippen LogP contribution in [-0.4, -0.2) is 22.7 Å². The highest BCUT2D eigenvalue weighted by Crippen LogP contribution is 2.27. The number of aromatic nitrogens is 2. The van der Waals surface area contributed by atoms with Crippen LogP contribution in [0, 0.1) is 13.8 Å². The summed E-state index contributed by atoms with van der Waals surface area (Å²) in [6.07, 6.45) is 3.09. The zero-order valence-corrected chi connectivity index (χ0v) is 15.9. The van der Waals surface area contributed by atoms with Gasteiger partial charge in [-0.1, -0.05) is 40.6 Å². The summed E-state index contributed by atoms with van der Waals surface area (Å²) >= 11 is 4.86. The number of unbranched alkanes of at least 4 members (excludes halogenated alkanes) is 1. The Hall–Kier alpha value is -1.47. The quantitative estimate of drug-likeness (QED) is 0.756. The zero-order chi connectivity index (χ0) is 16.8. The molecule has 7 heteroatoms. The van der Waals surface area contributed by atoms with E-state index in [2.05, 4.69) is 38.4 Å². The van der Waals surface area contributed by atoms with Crippen molar-refractivity contribution in [1.82, 2.24) is 10.2 Å². The number of halogens is 1. The Bertz CT molecular complexity index is 665. The molecule has 0 atom stereocenters. The third kappa shape index (κ3) is 5.28. The molecular formula is C16H20BrN3O2S. The van der Waals surface area contributed by atoms with Gasteiger partial charge in [-0.3, -0.25) is 10.1 Å². The predicted molar refractivity (Wildman–Crippen MR) is 96.3 cm³/mol. The number of aryl methyl sites for hydroxylation is 3. The maximum atomic E-state index is 12.0. The van der Waals surface area contributed by atoms with Crippen LogP contribution in [0.2, 0.25) is 0 Å². The number of nitrogens with one attached hydrogen (secondary N) is 1. The molecule has 1 heterocycles. The van der Waals surface area contributed by atoms with E-state index in [4.69, 9.17) is 4.74 Å². The van der Waals surface area contributed by atoms with Gasteiger partial charge in [0.1, 0.15) is 10.8 Å². The van der Waals surface area contributed by atoms with Gasteiger partial charge in [0.25, 0.3) is 5.91 Å². The van der Waals surface area contributed by atoms with Crippen LogP contribution in [0.5, 0.6) is 5.75 Å². The highest BCUT2D eigenvalue weighted by atomic mass is 79.9. The molecule has 0 bridgehead atoms. The van der Waals surface area contributed by atoms with Gasteiger partial charge in [0.2, 0.25) is 5.13 Å². The zero-order valence-electron chi connectivity index (χ0n) is 13.5. The molecule has 0 aliphatic carbocycles. The van der Waals surface area contributed by atoms with Gasteiger partial charge in [0.15, 0.2) is 6.61 Å². The van der Waals surface area contributed by atoms with Crippen LogP contribution in [0.15, 0.2) is 16.6 Å². The lowest BCUT2D eigenvalue weighted by Gasteiger charge is -2.12. The Morgan fingerprint density at radius 1 is 1.30 bits per heavy atom. The van der Waals surface area contributed by atoms with Gasteiger partial charge in [-0.25, -0.2) is 0 Å². The lowest BCUT2D eigenvalue weighted by atomic mass is 10.1. The van der Waals surface area contributed by atoms with Gasteiger partial charge >= 0.3 is 0 Å². The highest BCUT2D eigenvalue weighted by molar-refractivity contribution is 9.10. The van der Waals surface area contributed by atoms with Crippen molar-refractivity contribution >= 4 is 38.3 Å². The van der Waals surface area contributed by atoms with E-state index in [0.717, 1.165) is 45.6 Å². The van der Waals surface area contributed by atoms with Gasteiger partial charge in [0, 0.05) is 10.9 Å². The average Bonchev–Trinajstić information content (AvgIpc) is 2.91. The van der Waals surface area contributed by atoms with E-state index in [1.165, 1.54) is 11.3 Å². The maximum absolute atomic E-state index is 12.0. The molecule has 0 aliphatic rings. The molecule has 5 nitrogen and oxygen atoms in total. The average molecular weight is 398 g/mol. The Balaban J connectivity index is 1.89. The monoisotopic (exact) mass is 397 g/mol. The van der Waals surface area contributed by atoms with E-state index in [1.807, 2.05) is 26.0 Å². The number of hydrogen-bond donors (Lipinski definition) is 1. The molecule has 2 rings (SSSR count). The first kappa shape index (κ1) is 17.9. The molecule has 124 valence electrons. The minimum absolute atomic E-state index is 0.0484. The second-order valence-corrected chi connectivity index (χ2v) is 7.29. The normalized spacial score (nSPS) is 10.6. The van der Waals surface area contributed by atoms with Crippen LogP contribution in [0.1, 0.15) is 35.9 Å². The molecule has 1 N–H and O–H groups in total. The summed E-state index contributed by atoms with van der Waals surface area (Å²) in [4.78, 5) is 12.0. The van der Waals surface area contributed by atoms with Crippen molar-refractivity contribution in [3.05, 3.63) is 32.7 Å². The number of amides is 1. The van der Waals surface area contributed by atoms with Crippen molar-refractivity contribution in [3.63, 3.8) is 0 Å². The number of carbonyl (C=O) groups is 1. The van der Waals surface area contributed by atoms with Crippen molar-refractivity contribution in [2.24, 2.45) is 0 Å². The van der Waals surface area contributed by atoms with Crippen molar-refractivity contribution in [2.45, 2.75) is 40.0 Å². The van der Waals surface area contributed by atoms with Crippen molar-refractivity contribution in [2.75, 3.05) is 11.9 Å². The smallest absolute Gasteiger partial charge is 0.264 e. The summed E-state index contributed by atoms with van der Waals surface area (Å²) in [6, 6.07) is 3.93. The van der Waals surface area contributed by atoms with Crippen LogP contribution in [-0.2, 0) is 11.2 Å². The molecule has 0 saturated heterocycles. The Morgan fingerprint density at radius 2 is 2.00 bits per heavy atom. The SMILES string of the molecule is CCCCc1nnc(NC(=O)COc2c(C)cc(Br)cc2C)s1. The Kier molecular flexibility index (Phi) is 6.53. The first-order valence-corrected chi connectivity index (χ1v) is 9.12. The third-order valence-corrected chi connectivity index (χ3v) is 4.59.